The number of hydrogen-bond donors (Lipinski definition) is 2. The van der Waals surface area contributed by atoms with E-state index in [-0.39, 0.29) is 12.4 Å². The highest BCUT2D eigenvalue weighted by atomic mass is 32.2. The molecule has 1 heterocycles. The average molecular weight is 405 g/mol. The number of guanidine groups is 1. The van der Waals surface area contributed by atoms with Crippen LogP contribution in [0.2, 0.25) is 0 Å². The molecule has 1 atom stereocenters. The van der Waals surface area contributed by atoms with Gasteiger partial charge in [0.2, 0.25) is 0 Å². The lowest BCUT2D eigenvalue weighted by Crippen LogP contribution is -2.44. The number of sulfone groups is 1. The van der Waals surface area contributed by atoms with Crippen molar-refractivity contribution in [3.05, 3.63) is 0 Å². The second-order valence-corrected chi connectivity index (χ2v) is 9.91. The molecule has 1 aliphatic rings. The number of aliphatic imine (C=N–C) groups is 1. The lowest BCUT2D eigenvalue weighted by molar-refractivity contribution is 0.153. The second-order valence-electron chi connectivity index (χ2n) is 7.65. The Morgan fingerprint density at radius 2 is 1.78 bits per heavy atom. The monoisotopic (exact) mass is 404 g/mol. The summed E-state index contributed by atoms with van der Waals surface area (Å²) in [5, 5.41) is 6.55. The van der Waals surface area contributed by atoms with Crippen molar-refractivity contribution in [3.8, 4) is 0 Å². The number of likely N-dealkylation sites (tertiary alicyclic amines) is 1. The highest BCUT2D eigenvalue weighted by molar-refractivity contribution is 7.90. The van der Waals surface area contributed by atoms with Gasteiger partial charge in [-0.2, -0.15) is 0 Å². The summed E-state index contributed by atoms with van der Waals surface area (Å²) in [5.41, 5.74) is 0. The molecule has 1 saturated heterocycles. The van der Waals surface area contributed by atoms with Crippen molar-refractivity contribution >= 4 is 15.8 Å². The number of ether oxygens (including phenoxy) is 1. The van der Waals surface area contributed by atoms with E-state index in [1.54, 1.807) is 0 Å². The van der Waals surface area contributed by atoms with E-state index in [2.05, 4.69) is 36.3 Å². The summed E-state index contributed by atoms with van der Waals surface area (Å²) in [5.74, 6) is 1.42. The third-order valence-electron chi connectivity index (χ3n) is 4.80. The van der Waals surface area contributed by atoms with Gasteiger partial charge < -0.3 is 15.4 Å². The molecule has 0 aromatic heterocycles. The average Bonchev–Trinajstić information content (AvgIpc) is 2.86. The fourth-order valence-corrected chi connectivity index (χ4v) is 3.68. The van der Waals surface area contributed by atoms with Crippen LogP contribution in [0.3, 0.4) is 0 Å². The van der Waals surface area contributed by atoms with Crippen LogP contribution in [0, 0.1) is 5.92 Å². The first kappa shape index (κ1) is 24.2. The summed E-state index contributed by atoms with van der Waals surface area (Å²) in [6.07, 6.45) is 6.48. The molecule has 0 aromatic rings. The van der Waals surface area contributed by atoms with Crippen LogP contribution in [0.5, 0.6) is 0 Å². The van der Waals surface area contributed by atoms with E-state index < -0.39 is 9.84 Å². The summed E-state index contributed by atoms with van der Waals surface area (Å²) < 4.78 is 27.5. The SMILES string of the molecule is CCNC(=NCC(C(C)C)N1CCCCCC1)NCCOCCS(C)(=O)=O. The largest absolute Gasteiger partial charge is 0.379 e. The minimum Gasteiger partial charge on any atom is -0.379 e. The maximum absolute atomic E-state index is 11.1. The molecule has 0 aromatic carbocycles. The molecule has 1 fully saturated rings. The van der Waals surface area contributed by atoms with Gasteiger partial charge in [-0.15, -0.1) is 0 Å². The summed E-state index contributed by atoms with van der Waals surface area (Å²) in [6.45, 7) is 11.8. The third-order valence-corrected chi connectivity index (χ3v) is 5.71. The van der Waals surface area contributed by atoms with E-state index in [1.165, 1.54) is 45.0 Å². The molecule has 7 nitrogen and oxygen atoms in total. The van der Waals surface area contributed by atoms with Crippen molar-refractivity contribution < 1.29 is 13.2 Å². The fraction of sp³-hybridized carbons (Fsp3) is 0.947. The Morgan fingerprint density at radius 3 is 2.33 bits per heavy atom. The van der Waals surface area contributed by atoms with E-state index in [4.69, 9.17) is 9.73 Å². The molecule has 8 heteroatoms. The van der Waals surface area contributed by atoms with Gasteiger partial charge in [-0.3, -0.25) is 9.89 Å². The predicted molar refractivity (Wildman–Crippen MR) is 113 cm³/mol. The van der Waals surface area contributed by atoms with Crippen LogP contribution in [-0.4, -0.2) is 83.3 Å². The molecule has 1 unspecified atom stereocenters. The summed E-state index contributed by atoms with van der Waals surface area (Å²) in [6, 6.07) is 0.463. The van der Waals surface area contributed by atoms with E-state index in [0.717, 1.165) is 19.0 Å². The zero-order valence-electron chi connectivity index (χ0n) is 17.7. The Morgan fingerprint density at radius 1 is 1.11 bits per heavy atom. The van der Waals surface area contributed by atoms with Gasteiger partial charge >= 0.3 is 0 Å². The smallest absolute Gasteiger partial charge is 0.191 e. The molecular formula is C19H40N4O3S. The van der Waals surface area contributed by atoms with Gasteiger partial charge in [0.25, 0.3) is 0 Å². The van der Waals surface area contributed by atoms with Crippen LogP contribution >= 0.6 is 0 Å². The molecule has 1 rings (SSSR count). The topological polar surface area (TPSA) is 83.0 Å². The molecule has 0 saturated carbocycles. The molecule has 27 heavy (non-hydrogen) atoms. The molecule has 0 aliphatic carbocycles. The Labute approximate surface area is 166 Å². The van der Waals surface area contributed by atoms with Crippen LogP contribution in [0.4, 0.5) is 0 Å². The van der Waals surface area contributed by atoms with Crippen LogP contribution in [0.15, 0.2) is 4.99 Å². The van der Waals surface area contributed by atoms with Crippen molar-refractivity contribution in [1.29, 1.82) is 0 Å². The summed E-state index contributed by atoms with van der Waals surface area (Å²) >= 11 is 0. The molecule has 2 N–H and O–H groups in total. The standard InChI is InChI=1S/C19H40N4O3S/c1-5-20-19(21-10-13-26-14-15-27(4,24)25)22-16-18(17(2)3)23-11-8-6-7-9-12-23/h17-18H,5-16H2,1-4H3,(H2,20,21,22). The predicted octanol–water partition coefficient (Wildman–Crippen LogP) is 1.50. The Balaban J connectivity index is 2.46. The number of rotatable bonds is 11. The van der Waals surface area contributed by atoms with Gasteiger partial charge in [0.05, 0.1) is 25.5 Å². The lowest BCUT2D eigenvalue weighted by Gasteiger charge is -2.32. The quantitative estimate of drug-likeness (QED) is 0.308. The molecule has 0 spiro atoms. The fourth-order valence-electron chi connectivity index (χ4n) is 3.26. The van der Waals surface area contributed by atoms with E-state index >= 15 is 0 Å². The van der Waals surface area contributed by atoms with Crippen molar-refractivity contribution in [2.24, 2.45) is 10.9 Å². The van der Waals surface area contributed by atoms with Crippen LogP contribution < -0.4 is 10.6 Å². The van der Waals surface area contributed by atoms with Gasteiger partial charge in [0.15, 0.2) is 5.96 Å². The van der Waals surface area contributed by atoms with Gasteiger partial charge in [0.1, 0.15) is 9.84 Å². The minimum absolute atomic E-state index is 0.0626. The first-order valence-corrected chi connectivity index (χ1v) is 12.4. The Kier molecular flexibility index (Phi) is 11.9. The minimum atomic E-state index is -2.96. The number of nitrogens with zero attached hydrogens (tertiary/aromatic N) is 2. The number of hydrogen-bond acceptors (Lipinski definition) is 5. The third kappa shape index (κ3) is 11.5. The van der Waals surface area contributed by atoms with Crippen LogP contribution in [0.1, 0.15) is 46.5 Å². The van der Waals surface area contributed by atoms with Crippen molar-refractivity contribution in [3.63, 3.8) is 0 Å². The first-order chi connectivity index (χ1) is 12.8. The molecule has 0 radical (unpaired) electrons. The molecule has 1 aliphatic heterocycles. The second kappa shape index (κ2) is 13.3. The maximum atomic E-state index is 11.1. The zero-order valence-corrected chi connectivity index (χ0v) is 18.5. The maximum Gasteiger partial charge on any atom is 0.191 e. The Bertz CT molecular complexity index is 515. The van der Waals surface area contributed by atoms with Gasteiger partial charge in [-0.1, -0.05) is 26.7 Å². The van der Waals surface area contributed by atoms with Gasteiger partial charge in [0, 0.05) is 25.4 Å². The van der Waals surface area contributed by atoms with Crippen LogP contribution in [-0.2, 0) is 14.6 Å². The van der Waals surface area contributed by atoms with E-state index in [1.807, 2.05) is 0 Å². The van der Waals surface area contributed by atoms with Gasteiger partial charge in [-0.05, 0) is 38.8 Å². The zero-order chi connectivity index (χ0) is 20.1. The molecule has 0 bridgehead atoms. The highest BCUT2D eigenvalue weighted by Gasteiger charge is 2.22. The summed E-state index contributed by atoms with van der Waals surface area (Å²) in [4.78, 5) is 7.41. The lowest BCUT2D eigenvalue weighted by atomic mass is 10.0. The molecule has 0 amide bonds. The molecular weight excluding hydrogens is 364 g/mol. The first-order valence-electron chi connectivity index (χ1n) is 10.3. The normalized spacial score (nSPS) is 18.3. The number of nitrogens with one attached hydrogen (secondary N) is 2. The Hall–Kier alpha value is -0.860. The highest BCUT2D eigenvalue weighted by Crippen LogP contribution is 2.17. The van der Waals surface area contributed by atoms with Crippen molar-refractivity contribution in [2.45, 2.75) is 52.5 Å². The van der Waals surface area contributed by atoms with Crippen molar-refractivity contribution in [2.75, 3.05) is 57.9 Å². The summed E-state index contributed by atoms with van der Waals surface area (Å²) in [7, 11) is -2.96. The van der Waals surface area contributed by atoms with Crippen molar-refractivity contribution in [1.82, 2.24) is 15.5 Å². The molecule has 160 valence electrons. The van der Waals surface area contributed by atoms with Crippen LogP contribution in [0.25, 0.3) is 0 Å². The van der Waals surface area contributed by atoms with E-state index in [0.29, 0.717) is 25.1 Å². The van der Waals surface area contributed by atoms with Gasteiger partial charge in [-0.25, -0.2) is 8.42 Å². The van der Waals surface area contributed by atoms with E-state index in [9.17, 15) is 8.42 Å².